The van der Waals surface area contributed by atoms with Crippen LogP contribution in [0.4, 0.5) is 10.5 Å². The van der Waals surface area contributed by atoms with Crippen molar-refractivity contribution in [1.29, 1.82) is 0 Å². The number of benzene rings is 2. The molecule has 0 atom stereocenters. The van der Waals surface area contributed by atoms with E-state index in [4.69, 9.17) is 0 Å². The van der Waals surface area contributed by atoms with Gasteiger partial charge in [0.05, 0.1) is 0 Å². The summed E-state index contributed by atoms with van der Waals surface area (Å²) in [5.74, 6) is 0. The largest absolute Gasteiger partial charge is 0.328 e. The summed E-state index contributed by atoms with van der Waals surface area (Å²) in [5, 5.41) is 2.86. The Morgan fingerprint density at radius 2 is 1.58 bits per heavy atom. The zero-order chi connectivity index (χ0) is 13.7. The summed E-state index contributed by atoms with van der Waals surface area (Å²) in [6.07, 6.45) is 0. The maximum atomic E-state index is 11.7. The Morgan fingerprint density at radius 3 is 2.16 bits per heavy atom. The lowest BCUT2D eigenvalue weighted by molar-refractivity contribution is 0.224. The number of hydrogen-bond acceptors (Lipinski definition) is 1. The molecule has 0 aliphatic rings. The fraction of sp³-hybridized carbons (Fsp3) is 0.188. The number of nitrogens with zero attached hydrogens (tertiary/aromatic N) is 1. The molecule has 0 aromatic heterocycles. The van der Waals surface area contributed by atoms with Crippen molar-refractivity contribution in [3.05, 3.63) is 54.6 Å². The van der Waals surface area contributed by atoms with Gasteiger partial charge in [0.1, 0.15) is 0 Å². The van der Waals surface area contributed by atoms with Crippen LogP contribution in [-0.2, 0) is 0 Å². The molecule has 2 amide bonds. The van der Waals surface area contributed by atoms with Gasteiger partial charge in [0.2, 0.25) is 0 Å². The van der Waals surface area contributed by atoms with Gasteiger partial charge in [0.15, 0.2) is 0 Å². The van der Waals surface area contributed by atoms with Crippen molar-refractivity contribution >= 4 is 11.7 Å². The molecule has 0 aliphatic heterocycles. The Balaban J connectivity index is 2.09. The molecule has 0 heterocycles. The second-order valence-electron chi connectivity index (χ2n) is 4.39. The van der Waals surface area contributed by atoms with Crippen LogP contribution in [-0.4, -0.2) is 24.5 Å². The lowest BCUT2D eigenvalue weighted by atomic mass is 10.1. The topological polar surface area (TPSA) is 32.3 Å². The molecule has 3 nitrogen and oxygen atoms in total. The molecule has 1 N–H and O–H groups in total. The van der Waals surface area contributed by atoms with E-state index in [0.717, 1.165) is 11.3 Å². The average molecular weight is 254 g/mol. The van der Waals surface area contributed by atoms with Crippen LogP contribution in [0.5, 0.6) is 0 Å². The highest BCUT2D eigenvalue weighted by atomic mass is 16.2. The molecule has 0 unspecified atom stereocenters. The molecule has 2 rings (SSSR count). The third-order valence-electron chi connectivity index (χ3n) is 3.06. The van der Waals surface area contributed by atoms with Gasteiger partial charge in [0.25, 0.3) is 0 Å². The van der Waals surface area contributed by atoms with E-state index in [2.05, 4.69) is 17.4 Å². The van der Waals surface area contributed by atoms with E-state index >= 15 is 0 Å². The van der Waals surface area contributed by atoms with E-state index in [-0.39, 0.29) is 6.03 Å². The highest BCUT2D eigenvalue weighted by Crippen LogP contribution is 2.21. The van der Waals surface area contributed by atoms with Crippen molar-refractivity contribution in [3.8, 4) is 11.1 Å². The first kappa shape index (κ1) is 13.1. The number of carbonyl (C=O) groups is 1. The average Bonchev–Trinajstić information content (AvgIpc) is 2.48. The van der Waals surface area contributed by atoms with E-state index in [1.165, 1.54) is 5.56 Å². The number of nitrogens with one attached hydrogen (secondary N) is 1. The number of anilines is 1. The van der Waals surface area contributed by atoms with Gasteiger partial charge in [-0.15, -0.1) is 0 Å². The quantitative estimate of drug-likeness (QED) is 0.886. The Bertz CT molecular complexity index is 534. The first-order chi connectivity index (χ1) is 9.20. The highest BCUT2D eigenvalue weighted by Gasteiger charge is 2.06. The minimum absolute atomic E-state index is 0.0880. The van der Waals surface area contributed by atoms with Gasteiger partial charge in [0, 0.05) is 19.3 Å². The molecule has 0 aliphatic carbocycles. The van der Waals surface area contributed by atoms with Crippen molar-refractivity contribution in [2.75, 3.05) is 18.9 Å². The van der Waals surface area contributed by atoms with Crippen molar-refractivity contribution < 1.29 is 4.79 Å². The third-order valence-corrected chi connectivity index (χ3v) is 3.06. The first-order valence-electron chi connectivity index (χ1n) is 6.38. The Hall–Kier alpha value is -2.29. The van der Waals surface area contributed by atoms with Crippen molar-refractivity contribution in [2.24, 2.45) is 0 Å². The van der Waals surface area contributed by atoms with E-state index in [1.807, 2.05) is 49.4 Å². The van der Waals surface area contributed by atoms with Crippen LogP contribution in [0.25, 0.3) is 11.1 Å². The molecular weight excluding hydrogens is 236 g/mol. The van der Waals surface area contributed by atoms with Gasteiger partial charge in [-0.05, 0) is 30.2 Å². The summed E-state index contributed by atoms with van der Waals surface area (Å²) in [4.78, 5) is 13.3. The molecule has 2 aromatic rings. The molecule has 0 saturated carbocycles. The molecule has 19 heavy (non-hydrogen) atoms. The zero-order valence-corrected chi connectivity index (χ0v) is 11.3. The van der Waals surface area contributed by atoms with Gasteiger partial charge < -0.3 is 10.2 Å². The SMILES string of the molecule is CCN(C)C(=O)Nc1ccc(-c2ccccc2)cc1. The molecule has 0 spiro atoms. The smallest absolute Gasteiger partial charge is 0.321 e. The lowest BCUT2D eigenvalue weighted by Crippen LogP contribution is -2.30. The fourth-order valence-electron chi connectivity index (χ4n) is 1.74. The molecule has 0 saturated heterocycles. The van der Waals surface area contributed by atoms with Crippen LogP contribution in [0, 0.1) is 0 Å². The number of rotatable bonds is 3. The zero-order valence-electron chi connectivity index (χ0n) is 11.3. The predicted octanol–water partition coefficient (Wildman–Crippen LogP) is 3.84. The van der Waals surface area contributed by atoms with Gasteiger partial charge in [-0.2, -0.15) is 0 Å². The van der Waals surface area contributed by atoms with Crippen LogP contribution in [0.15, 0.2) is 54.6 Å². The molecular formula is C16H18N2O. The molecule has 2 aromatic carbocycles. The molecule has 0 fully saturated rings. The number of carbonyl (C=O) groups excluding carboxylic acids is 1. The van der Waals surface area contributed by atoms with Crippen molar-refractivity contribution in [2.45, 2.75) is 6.92 Å². The van der Waals surface area contributed by atoms with E-state index in [1.54, 1.807) is 11.9 Å². The number of urea groups is 1. The van der Waals surface area contributed by atoms with E-state index in [0.29, 0.717) is 6.54 Å². The van der Waals surface area contributed by atoms with Crippen molar-refractivity contribution in [1.82, 2.24) is 4.90 Å². The van der Waals surface area contributed by atoms with Gasteiger partial charge in [-0.1, -0.05) is 42.5 Å². The van der Waals surface area contributed by atoms with Crippen LogP contribution < -0.4 is 5.32 Å². The fourth-order valence-corrected chi connectivity index (χ4v) is 1.74. The first-order valence-corrected chi connectivity index (χ1v) is 6.38. The van der Waals surface area contributed by atoms with Gasteiger partial charge in [-0.25, -0.2) is 4.79 Å². The maximum absolute atomic E-state index is 11.7. The normalized spacial score (nSPS) is 10.0. The molecule has 98 valence electrons. The summed E-state index contributed by atoms with van der Waals surface area (Å²) < 4.78 is 0. The van der Waals surface area contributed by atoms with Gasteiger partial charge >= 0.3 is 6.03 Å². The number of amides is 2. The summed E-state index contributed by atoms with van der Waals surface area (Å²) in [7, 11) is 1.77. The second kappa shape index (κ2) is 6.05. The minimum atomic E-state index is -0.0880. The summed E-state index contributed by atoms with van der Waals surface area (Å²) in [6.45, 7) is 2.63. The minimum Gasteiger partial charge on any atom is -0.328 e. The van der Waals surface area contributed by atoms with Crippen LogP contribution >= 0.6 is 0 Å². The van der Waals surface area contributed by atoms with Crippen LogP contribution in [0.2, 0.25) is 0 Å². The maximum Gasteiger partial charge on any atom is 0.321 e. The Kier molecular flexibility index (Phi) is 4.18. The monoisotopic (exact) mass is 254 g/mol. The summed E-state index contributed by atoms with van der Waals surface area (Å²) in [5.41, 5.74) is 3.12. The molecule has 3 heteroatoms. The third kappa shape index (κ3) is 3.35. The molecule has 0 radical (unpaired) electrons. The van der Waals surface area contributed by atoms with Gasteiger partial charge in [-0.3, -0.25) is 0 Å². The Morgan fingerprint density at radius 1 is 1.00 bits per heavy atom. The van der Waals surface area contributed by atoms with Crippen LogP contribution in [0.3, 0.4) is 0 Å². The second-order valence-corrected chi connectivity index (χ2v) is 4.39. The predicted molar refractivity (Wildman–Crippen MR) is 79.2 cm³/mol. The Labute approximate surface area is 113 Å². The summed E-state index contributed by atoms with van der Waals surface area (Å²) >= 11 is 0. The lowest BCUT2D eigenvalue weighted by Gasteiger charge is -2.15. The van der Waals surface area contributed by atoms with E-state index < -0.39 is 0 Å². The standard InChI is InChI=1S/C16H18N2O/c1-3-18(2)16(19)17-15-11-9-14(10-12-15)13-7-5-4-6-8-13/h4-12H,3H2,1-2H3,(H,17,19). The molecule has 0 bridgehead atoms. The van der Waals surface area contributed by atoms with Crippen LogP contribution in [0.1, 0.15) is 6.92 Å². The van der Waals surface area contributed by atoms with E-state index in [9.17, 15) is 4.79 Å². The number of hydrogen-bond donors (Lipinski definition) is 1. The summed E-state index contributed by atoms with van der Waals surface area (Å²) in [6, 6.07) is 17.9. The highest BCUT2D eigenvalue weighted by molar-refractivity contribution is 5.89. The van der Waals surface area contributed by atoms with Crippen molar-refractivity contribution in [3.63, 3.8) is 0 Å².